The molecule has 1 N–H and O–H groups in total. The van der Waals surface area contributed by atoms with E-state index < -0.39 is 0 Å². The highest BCUT2D eigenvalue weighted by atomic mass is 14.7. The first-order chi connectivity index (χ1) is 8.83. The van der Waals surface area contributed by atoms with Gasteiger partial charge < -0.3 is 4.98 Å². The largest absolute Gasteiger partial charge is 0.354 e. The van der Waals surface area contributed by atoms with Crippen LogP contribution in [-0.2, 0) is 0 Å². The third kappa shape index (κ3) is 1.22. The van der Waals surface area contributed by atoms with Gasteiger partial charge in [0.25, 0.3) is 0 Å². The third-order valence-electron chi connectivity index (χ3n) is 3.72. The summed E-state index contributed by atoms with van der Waals surface area (Å²) in [5.41, 5.74) is 3.76. The van der Waals surface area contributed by atoms with E-state index in [-0.39, 0.29) is 0 Å². The lowest BCUT2D eigenvalue weighted by molar-refractivity contribution is 1.52. The number of aryl methyl sites for hydroxylation is 1. The van der Waals surface area contributed by atoms with Crippen LogP contribution in [-0.4, -0.2) is 4.98 Å². The Morgan fingerprint density at radius 2 is 1.61 bits per heavy atom. The molecular formula is C17H13N. The Hall–Kier alpha value is -2.28. The molecule has 0 saturated heterocycles. The van der Waals surface area contributed by atoms with Crippen molar-refractivity contribution in [1.29, 1.82) is 0 Å². The number of aromatic amines is 1. The van der Waals surface area contributed by atoms with Gasteiger partial charge in [-0.2, -0.15) is 0 Å². The molecule has 0 unspecified atom stereocenters. The highest BCUT2D eigenvalue weighted by molar-refractivity contribution is 6.12. The lowest BCUT2D eigenvalue weighted by Gasteiger charge is -2.02. The fourth-order valence-corrected chi connectivity index (χ4v) is 2.78. The van der Waals surface area contributed by atoms with Crippen LogP contribution in [0.1, 0.15) is 5.56 Å². The van der Waals surface area contributed by atoms with Crippen LogP contribution >= 0.6 is 0 Å². The van der Waals surface area contributed by atoms with Gasteiger partial charge in [-0.05, 0) is 41.5 Å². The van der Waals surface area contributed by atoms with Gasteiger partial charge in [-0.25, -0.2) is 0 Å². The van der Waals surface area contributed by atoms with E-state index in [9.17, 15) is 0 Å². The van der Waals surface area contributed by atoms with Gasteiger partial charge in [0.2, 0.25) is 0 Å². The minimum Gasteiger partial charge on any atom is -0.354 e. The molecule has 1 nitrogen and oxygen atoms in total. The van der Waals surface area contributed by atoms with Crippen molar-refractivity contribution in [2.24, 2.45) is 0 Å². The predicted molar refractivity (Wildman–Crippen MR) is 78.0 cm³/mol. The normalized spacial score (nSPS) is 11.6. The SMILES string of the molecule is Cc1cccc2cc3c(cc12)[nH]c1ccccc13. The number of rotatable bonds is 0. The minimum atomic E-state index is 1.21. The zero-order valence-corrected chi connectivity index (χ0v) is 10.2. The van der Waals surface area contributed by atoms with Crippen molar-refractivity contribution in [3.8, 4) is 0 Å². The topological polar surface area (TPSA) is 15.8 Å². The van der Waals surface area contributed by atoms with E-state index >= 15 is 0 Å². The Kier molecular flexibility index (Phi) is 1.81. The van der Waals surface area contributed by atoms with E-state index in [2.05, 4.69) is 66.5 Å². The molecule has 1 aromatic heterocycles. The molecule has 0 amide bonds. The Labute approximate surface area is 105 Å². The summed E-state index contributed by atoms with van der Waals surface area (Å²) in [6.07, 6.45) is 0. The van der Waals surface area contributed by atoms with Gasteiger partial charge in [0, 0.05) is 21.8 Å². The van der Waals surface area contributed by atoms with E-state index in [1.165, 1.54) is 38.1 Å². The van der Waals surface area contributed by atoms with E-state index in [4.69, 9.17) is 0 Å². The summed E-state index contributed by atoms with van der Waals surface area (Å²) in [4.78, 5) is 3.50. The van der Waals surface area contributed by atoms with Crippen molar-refractivity contribution < 1.29 is 0 Å². The maximum Gasteiger partial charge on any atom is 0.0471 e. The fourth-order valence-electron chi connectivity index (χ4n) is 2.78. The van der Waals surface area contributed by atoms with Crippen molar-refractivity contribution in [2.45, 2.75) is 6.92 Å². The predicted octanol–water partition coefficient (Wildman–Crippen LogP) is 4.78. The van der Waals surface area contributed by atoms with Crippen LogP contribution in [0.4, 0.5) is 0 Å². The second kappa shape index (κ2) is 3.36. The third-order valence-corrected chi connectivity index (χ3v) is 3.72. The molecule has 3 aromatic carbocycles. The molecule has 0 radical (unpaired) electrons. The van der Waals surface area contributed by atoms with Crippen LogP contribution in [0.15, 0.2) is 54.6 Å². The number of fused-ring (bicyclic) bond motifs is 4. The van der Waals surface area contributed by atoms with Crippen molar-refractivity contribution in [2.75, 3.05) is 0 Å². The molecular weight excluding hydrogens is 218 g/mol. The smallest absolute Gasteiger partial charge is 0.0471 e. The number of para-hydroxylation sites is 1. The standard InChI is InChI=1S/C17H13N/c1-11-5-4-6-12-9-15-13-7-2-3-8-16(13)18-17(15)10-14(11)12/h2-10,18H,1H3. The number of benzene rings is 3. The molecule has 0 aliphatic carbocycles. The first kappa shape index (κ1) is 9.72. The first-order valence-corrected chi connectivity index (χ1v) is 6.23. The summed E-state index contributed by atoms with van der Waals surface area (Å²) in [5, 5.41) is 5.25. The van der Waals surface area contributed by atoms with Crippen LogP contribution in [0.2, 0.25) is 0 Å². The van der Waals surface area contributed by atoms with Gasteiger partial charge in [0.05, 0.1) is 0 Å². The van der Waals surface area contributed by atoms with Crippen LogP contribution in [0.25, 0.3) is 32.6 Å². The average molecular weight is 231 g/mol. The van der Waals surface area contributed by atoms with Gasteiger partial charge in [0.15, 0.2) is 0 Å². The van der Waals surface area contributed by atoms with Crippen LogP contribution in [0, 0.1) is 6.92 Å². The van der Waals surface area contributed by atoms with Crippen LogP contribution in [0.5, 0.6) is 0 Å². The maximum absolute atomic E-state index is 3.50. The minimum absolute atomic E-state index is 1.21. The Balaban J connectivity index is 2.27. The number of H-pyrrole nitrogens is 1. The summed E-state index contributed by atoms with van der Waals surface area (Å²) in [5.74, 6) is 0. The Morgan fingerprint density at radius 1 is 0.722 bits per heavy atom. The molecule has 1 heteroatoms. The molecule has 18 heavy (non-hydrogen) atoms. The van der Waals surface area contributed by atoms with Gasteiger partial charge in [-0.3, -0.25) is 0 Å². The maximum atomic E-state index is 3.50. The van der Waals surface area contributed by atoms with E-state index in [0.29, 0.717) is 0 Å². The highest BCUT2D eigenvalue weighted by Crippen LogP contribution is 2.30. The van der Waals surface area contributed by atoms with E-state index in [1.807, 2.05) is 0 Å². The molecule has 0 atom stereocenters. The number of aromatic nitrogens is 1. The molecule has 0 aliphatic heterocycles. The van der Waals surface area contributed by atoms with Crippen LogP contribution in [0.3, 0.4) is 0 Å². The Bertz CT molecular complexity index is 884. The molecule has 1 heterocycles. The van der Waals surface area contributed by atoms with Crippen molar-refractivity contribution in [3.63, 3.8) is 0 Å². The quantitative estimate of drug-likeness (QED) is 0.448. The first-order valence-electron chi connectivity index (χ1n) is 6.23. The monoisotopic (exact) mass is 231 g/mol. The van der Waals surface area contributed by atoms with E-state index in [0.717, 1.165) is 0 Å². The molecule has 86 valence electrons. The molecule has 4 rings (SSSR count). The second-order valence-corrected chi connectivity index (χ2v) is 4.86. The average Bonchev–Trinajstić information content (AvgIpc) is 2.75. The van der Waals surface area contributed by atoms with E-state index in [1.54, 1.807) is 0 Å². The zero-order chi connectivity index (χ0) is 12.1. The van der Waals surface area contributed by atoms with Gasteiger partial charge in [-0.15, -0.1) is 0 Å². The van der Waals surface area contributed by atoms with Gasteiger partial charge in [-0.1, -0.05) is 36.4 Å². The van der Waals surface area contributed by atoms with Crippen molar-refractivity contribution in [3.05, 3.63) is 60.2 Å². The van der Waals surface area contributed by atoms with Gasteiger partial charge in [0.1, 0.15) is 0 Å². The summed E-state index contributed by atoms with van der Waals surface area (Å²) >= 11 is 0. The highest BCUT2D eigenvalue weighted by Gasteiger charge is 2.05. The molecule has 0 aliphatic rings. The molecule has 0 saturated carbocycles. The van der Waals surface area contributed by atoms with Crippen LogP contribution < -0.4 is 0 Å². The number of hydrogen-bond donors (Lipinski definition) is 1. The number of hydrogen-bond acceptors (Lipinski definition) is 0. The molecule has 0 bridgehead atoms. The van der Waals surface area contributed by atoms with Gasteiger partial charge >= 0.3 is 0 Å². The lowest BCUT2D eigenvalue weighted by Crippen LogP contribution is -1.78. The van der Waals surface area contributed by atoms with Crippen molar-refractivity contribution >= 4 is 32.6 Å². The summed E-state index contributed by atoms with van der Waals surface area (Å²) in [7, 11) is 0. The van der Waals surface area contributed by atoms with Crippen molar-refractivity contribution in [1.82, 2.24) is 4.98 Å². The molecule has 0 spiro atoms. The summed E-state index contributed by atoms with van der Waals surface area (Å²) in [6.45, 7) is 2.16. The summed E-state index contributed by atoms with van der Waals surface area (Å²) in [6, 6.07) is 19.5. The Morgan fingerprint density at radius 3 is 2.56 bits per heavy atom. The number of nitrogens with one attached hydrogen (secondary N) is 1. The fraction of sp³-hybridized carbons (Fsp3) is 0.0588. The summed E-state index contributed by atoms with van der Waals surface area (Å²) < 4.78 is 0. The second-order valence-electron chi connectivity index (χ2n) is 4.86. The molecule has 0 fully saturated rings. The molecule has 4 aromatic rings. The zero-order valence-electron chi connectivity index (χ0n) is 10.2. The lowest BCUT2D eigenvalue weighted by atomic mass is 10.0.